The highest BCUT2D eigenvalue weighted by Gasteiger charge is 2.31. The first-order valence-corrected chi connectivity index (χ1v) is 16.4. The minimum Gasteiger partial charge on any atom is -0.406 e. The molecule has 1 fully saturated rings. The number of halogens is 3. The SMILES string of the molecule is CC(=NC(=O)N=C1SCCC(C)N1c1cccc(C)c1C(C)C)C(C)c1ccc(-c2ncn(-c3ccc(OC(F)(F)F)cc3)n2)cc1. The van der Waals surface area contributed by atoms with Crippen LogP contribution in [0.5, 0.6) is 5.75 Å². The van der Waals surface area contributed by atoms with Gasteiger partial charge < -0.3 is 9.64 Å². The van der Waals surface area contributed by atoms with Crippen molar-refractivity contribution in [3.63, 3.8) is 0 Å². The molecule has 1 saturated heterocycles. The highest BCUT2D eigenvalue weighted by Crippen LogP contribution is 2.36. The van der Waals surface area contributed by atoms with E-state index in [-0.39, 0.29) is 17.7 Å². The van der Waals surface area contributed by atoms with E-state index in [1.54, 1.807) is 11.8 Å². The number of amides is 2. The number of aromatic nitrogens is 3. The predicted octanol–water partition coefficient (Wildman–Crippen LogP) is 9.34. The normalized spacial score (nSPS) is 17.3. The van der Waals surface area contributed by atoms with E-state index in [0.29, 0.717) is 28.3 Å². The molecule has 4 aromatic rings. The zero-order valence-electron chi connectivity index (χ0n) is 27.1. The lowest BCUT2D eigenvalue weighted by atomic mass is 9.95. The number of rotatable bonds is 7. The number of anilines is 1. The first kappa shape index (κ1) is 33.9. The Morgan fingerprint density at radius 3 is 2.40 bits per heavy atom. The summed E-state index contributed by atoms with van der Waals surface area (Å²) in [6.07, 6.45) is -2.28. The molecule has 0 bridgehead atoms. The van der Waals surface area contributed by atoms with Crippen molar-refractivity contribution in [3.8, 4) is 22.8 Å². The number of benzene rings is 3. The quantitative estimate of drug-likeness (QED) is 0.183. The Morgan fingerprint density at radius 1 is 1.04 bits per heavy atom. The number of aliphatic imine (C=N–C) groups is 2. The van der Waals surface area contributed by atoms with Gasteiger partial charge in [0.2, 0.25) is 0 Å². The molecule has 2 amide bonds. The Balaban J connectivity index is 1.29. The van der Waals surface area contributed by atoms with Gasteiger partial charge in [-0.15, -0.1) is 18.3 Å². The Labute approximate surface area is 276 Å². The number of amidine groups is 1. The average Bonchev–Trinajstić information content (AvgIpc) is 3.50. The molecule has 1 aliphatic rings. The fourth-order valence-corrected chi connectivity index (χ4v) is 6.80. The van der Waals surface area contributed by atoms with Gasteiger partial charge in [0.15, 0.2) is 11.0 Å². The Hall–Kier alpha value is -4.45. The molecule has 0 saturated carbocycles. The molecule has 0 N–H and O–H groups in total. The van der Waals surface area contributed by atoms with Crippen molar-refractivity contribution >= 4 is 34.4 Å². The number of hydrogen-bond acceptors (Lipinski definition) is 5. The maximum Gasteiger partial charge on any atom is 0.573 e. The van der Waals surface area contributed by atoms with Crippen LogP contribution in [0, 0.1) is 6.92 Å². The van der Waals surface area contributed by atoms with Crippen LogP contribution >= 0.6 is 11.8 Å². The highest BCUT2D eigenvalue weighted by molar-refractivity contribution is 8.14. The fraction of sp³-hybridized carbons (Fsp3) is 0.343. The summed E-state index contributed by atoms with van der Waals surface area (Å²) in [4.78, 5) is 28.6. The zero-order valence-corrected chi connectivity index (χ0v) is 27.9. The van der Waals surface area contributed by atoms with Gasteiger partial charge in [0, 0.05) is 34.7 Å². The smallest absolute Gasteiger partial charge is 0.406 e. The van der Waals surface area contributed by atoms with Gasteiger partial charge >= 0.3 is 12.4 Å². The molecule has 0 spiro atoms. The van der Waals surface area contributed by atoms with Gasteiger partial charge in [-0.25, -0.2) is 19.5 Å². The van der Waals surface area contributed by atoms with Gasteiger partial charge in [0.05, 0.1) is 5.69 Å². The van der Waals surface area contributed by atoms with Gasteiger partial charge in [-0.1, -0.05) is 68.9 Å². The maximum absolute atomic E-state index is 13.2. The van der Waals surface area contributed by atoms with Crippen molar-refractivity contribution in [1.29, 1.82) is 0 Å². The third kappa shape index (κ3) is 8.10. The highest BCUT2D eigenvalue weighted by atomic mass is 32.2. The van der Waals surface area contributed by atoms with E-state index in [0.717, 1.165) is 29.0 Å². The van der Waals surface area contributed by atoms with Crippen LogP contribution in [0.25, 0.3) is 17.1 Å². The monoisotopic (exact) mass is 662 g/mol. The summed E-state index contributed by atoms with van der Waals surface area (Å²) >= 11 is 1.58. The lowest BCUT2D eigenvalue weighted by Gasteiger charge is -2.37. The lowest BCUT2D eigenvalue weighted by molar-refractivity contribution is -0.274. The number of ether oxygens (including phenoxy) is 1. The molecule has 1 aliphatic heterocycles. The number of nitrogens with zero attached hydrogens (tertiary/aromatic N) is 6. The topological polar surface area (TPSA) is 85.0 Å². The van der Waals surface area contributed by atoms with Crippen LogP contribution in [-0.2, 0) is 0 Å². The molecule has 0 radical (unpaired) electrons. The molecular weight excluding hydrogens is 625 g/mol. The van der Waals surface area contributed by atoms with E-state index in [1.807, 2.05) is 38.1 Å². The Kier molecular flexibility index (Phi) is 10.2. The van der Waals surface area contributed by atoms with Crippen molar-refractivity contribution in [2.24, 2.45) is 9.98 Å². The molecule has 2 atom stereocenters. The zero-order chi connectivity index (χ0) is 33.9. The molecule has 246 valence electrons. The van der Waals surface area contributed by atoms with E-state index >= 15 is 0 Å². The van der Waals surface area contributed by atoms with E-state index in [9.17, 15) is 18.0 Å². The number of aryl methyl sites for hydroxylation is 1. The largest absolute Gasteiger partial charge is 0.573 e. The van der Waals surface area contributed by atoms with Crippen molar-refractivity contribution in [1.82, 2.24) is 14.8 Å². The van der Waals surface area contributed by atoms with Gasteiger partial charge in [0.1, 0.15) is 12.1 Å². The number of urea groups is 1. The molecule has 47 heavy (non-hydrogen) atoms. The summed E-state index contributed by atoms with van der Waals surface area (Å²) in [5.74, 6) is 1.20. The third-order valence-corrected chi connectivity index (χ3v) is 9.12. The van der Waals surface area contributed by atoms with Crippen LogP contribution in [0.2, 0.25) is 0 Å². The first-order valence-electron chi connectivity index (χ1n) is 15.4. The van der Waals surface area contributed by atoms with Crippen molar-refractivity contribution < 1.29 is 22.7 Å². The first-order chi connectivity index (χ1) is 22.3. The summed E-state index contributed by atoms with van der Waals surface area (Å²) < 4.78 is 42.8. The molecule has 2 heterocycles. The van der Waals surface area contributed by atoms with E-state index in [2.05, 4.69) is 75.6 Å². The maximum atomic E-state index is 13.2. The van der Waals surface area contributed by atoms with Crippen molar-refractivity contribution in [2.45, 2.75) is 72.2 Å². The number of hydrogen-bond donors (Lipinski definition) is 0. The Bertz CT molecular complexity index is 1780. The predicted molar refractivity (Wildman–Crippen MR) is 182 cm³/mol. The van der Waals surface area contributed by atoms with Gasteiger partial charge in [-0.2, -0.15) is 4.99 Å². The van der Waals surface area contributed by atoms with E-state index in [4.69, 9.17) is 0 Å². The Morgan fingerprint density at radius 2 is 1.74 bits per heavy atom. The molecule has 5 rings (SSSR count). The van der Waals surface area contributed by atoms with Gasteiger partial charge in [0.25, 0.3) is 0 Å². The second kappa shape index (κ2) is 14.1. The second-order valence-electron chi connectivity index (χ2n) is 11.8. The summed E-state index contributed by atoms with van der Waals surface area (Å²) in [5.41, 5.74) is 6.46. The van der Waals surface area contributed by atoms with Crippen LogP contribution in [0.4, 0.5) is 23.7 Å². The third-order valence-electron chi connectivity index (χ3n) is 8.14. The van der Waals surface area contributed by atoms with Crippen LogP contribution in [0.15, 0.2) is 83.0 Å². The van der Waals surface area contributed by atoms with Crippen LogP contribution < -0.4 is 9.64 Å². The number of carbonyl (C=O) groups is 1. The summed E-state index contributed by atoms with van der Waals surface area (Å²) in [6.45, 7) is 12.5. The number of carbonyl (C=O) groups excluding carboxylic acids is 1. The number of thioether (sulfide) groups is 1. The van der Waals surface area contributed by atoms with Gasteiger partial charge in [-0.05, 0) is 80.1 Å². The van der Waals surface area contributed by atoms with Crippen molar-refractivity contribution in [2.75, 3.05) is 10.7 Å². The second-order valence-corrected chi connectivity index (χ2v) is 12.9. The van der Waals surface area contributed by atoms with E-state index in [1.165, 1.54) is 46.4 Å². The average molecular weight is 663 g/mol. The standard InChI is InChI=1S/C35H37F3N6O2S/c1-21(2)31-22(3)8-7-9-30(31)44-23(4)18-19-47-34(44)41-33(45)40-25(6)24(5)26-10-12-27(13-11-26)32-39-20-43(42-32)28-14-16-29(17-15-28)46-35(36,37)38/h7-17,20-21,23-24H,18-19H2,1-6H3. The molecule has 2 unspecified atom stereocenters. The summed E-state index contributed by atoms with van der Waals surface area (Å²) in [6, 6.07) is 19.0. The van der Waals surface area contributed by atoms with Crippen LogP contribution in [0.1, 0.15) is 69.6 Å². The van der Waals surface area contributed by atoms with Crippen molar-refractivity contribution in [3.05, 3.63) is 89.7 Å². The van der Waals surface area contributed by atoms with Crippen LogP contribution in [0.3, 0.4) is 0 Å². The fourth-order valence-electron chi connectivity index (χ4n) is 5.60. The minimum atomic E-state index is -4.76. The molecule has 0 aliphatic carbocycles. The summed E-state index contributed by atoms with van der Waals surface area (Å²) in [7, 11) is 0. The molecule has 1 aromatic heterocycles. The molecule has 12 heteroatoms. The van der Waals surface area contributed by atoms with E-state index < -0.39 is 12.4 Å². The minimum absolute atomic E-state index is 0.144. The number of alkyl halides is 3. The van der Waals surface area contributed by atoms with Crippen LogP contribution in [-0.4, -0.2) is 49.8 Å². The molecule has 3 aromatic carbocycles. The molecular formula is C35H37F3N6O2S. The van der Waals surface area contributed by atoms with Gasteiger partial charge in [-0.3, -0.25) is 0 Å². The molecule has 8 nitrogen and oxygen atoms in total. The summed E-state index contributed by atoms with van der Waals surface area (Å²) in [5, 5.41) is 5.14. The lowest BCUT2D eigenvalue weighted by Crippen LogP contribution is -2.42.